The second-order valence-electron chi connectivity index (χ2n) is 5.11. The molecule has 1 aliphatic carbocycles. The maximum absolute atomic E-state index is 11.8. The Kier molecular flexibility index (Phi) is 4.36. The topological polar surface area (TPSA) is 23.6 Å². The second-order valence-corrected chi connectivity index (χ2v) is 5.11. The van der Waals surface area contributed by atoms with Crippen LogP contribution >= 0.6 is 0 Å². The van der Waals surface area contributed by atoms with E-state index in [0.717, 1.165) is 45.4 Å². The first kappa shape index (κ1) is 12.1. The van der Waals surface area contributed by atoms with Gasteiger partial charge in [0.25, 0.3) is 0 Å². The first-order valence-corrected chi connectivity index (χ1v) is 6.80. The van der Waals surface area contributed by atoms with Crippen LogP contribution in [0.1, 0.15) is 39.0 Å². The number of piperazine rings is 1. The number of hydrogen-bond acceptors (Lipinski definition) is 3. The zero-order chi connectivity index (χ0) is 11.4. The third-order valence-electron chi connectivity index (χ3n) is 3.91. The molecule has 1 heterocycles. The Morgan fingerprint density at radius 2 is 1.94 bits per heavy atom. The van der Waals surface area contributed by atoms with Gasteiger partial charge >= 0.3 is 0 Å². The summed E-state index contributed by atoms with van der Waals surface area (Å²) in [5, 5.41) is 0. The van der Waals surface area contributed by atoms with Crippen LogP contribution in [0.15, 0.2) is 0 Å². The van der Waals surface area contributed by atoms with Crippen LogP contribution in [0.5, 0.6) is 0 Å². The molecule has 1 atom stereocenters. The summed E-state index contributed by atoms with van der Waals surface area (Å²) in [6.07, 6.45) is 5.52. The molecule has 0 aromatic heterocycles. The first-order valence-electron chi connectivity index (χ1n) is 6.80. The molecule has 92 valence electrons. The van der Waals surface area contributed by atoms with E-state index in [1.807, 2.05) is 0 Å². The minimum absolute atomic E-state index is 0.262. The summed E-state index contributed by atoms with van der Waals surface area (Å²) in [5.74, 6) is 0.496. The van der Waals surface area contributed by atoms with Crippen LogP contribution in [-0.2, 0) is 4.79 Å². The van der Waals surface area contributed by atoms with Gasteiger partial charge in [0.2, 0.25) is 0 Å². The summed E-state index contributed by atoms with van der Waals surface area (Å²) in [5.41, 5.74) is 0. The van der Waals surface area contributed by atoms with Gasteiger partial charge in [0, 0.05) is 32.6 Å². The highest BCUT2D eigenvalue weighted by Gasteiger charge is 2.30. The van der Waals surface area contributed by atoms with Crippen molar-refractivity contribution in [3.63, 3.8) is 0 Å². The Balaban J connectivity index is 1.81. The quantitative estimate of drug-likeness (QED) is 0.726. The monoisotopic (exact) mass is 224 g/mol. The summed E-state index contributed by atoms with van der Waals surface area (Å²) in [6, 6.07) is 0.262. The molecule has 1 saturated heterocycles. The molecule has 0 radical (unpaired) electrons. The molecule has 0 aromatic rings. The van der Waals surface area contributed by atoms with E-state index in [4.69, 9.17) is 0 Å². The van der Waals surface area contributed by atoms with Gasteiger partial charge < -0.3 is 4.90 Å². The van der Waals surface area contributed by atoms with Gasteiger partial charge in [-0.15, -0.1) is 0 Å². The van der Waals surface area contributed by atoms with E-state index in [2.05, 4.69) is 16.7 Å². The van der Waals surface area contributed by atoms with Crippen molar-refractivity contribution in [3.05, 3.63) is 0 Å². The van der Waals surface area contributed by atoms with Gasteiger partial charge in [0.15, 0.2) is 0 Å². The lowest BCUT2D eigenvalue weighted by molar-refractivity contribution is -0.127. The van der Waals surface area contributed by atoms with Crippen molar-refractivity contribution in [2.45, 2.75) is 45.1 Å². The third kappa shape index (κ3) is 2.83. The van der Waals surface area contributed by atoms with Crippen LogP contribution in [0.2, 0.25) is 0 Å². The zero-order valence-corrected chi connectivity index (χ0v) is 10.5. The summed E-state index contributed by atoms with van der Waals surface area (Å²) in [4.78, 5) is 16.8. The fourth-order valence-electron chi connectivity index (χ4n) is 2.97. The van der Waals surface area contributed by atoms with Crippen LogP contribution in [-0.4, -0.2) is 54.3 Å². The number of rotatable bonds is 3. The van der Waals surface area contributed by atoms with Gasteiger partial charge in [-0.3, -0.25) is 9.69 Å². The number of nitrogens with zero attached hydrogens (tertiary/aromatic N) is 2. The standard InChI is InChI=1S/C13H24N2O/c1-2-7-14-8-10-15(11-9-14)12-5-3-4-6-13(12)16/h12H,2-11H2,1H3. The van der Waals surface area contributed by atoms with Gasteiger partial charge in [0.1, 0.15) is 5.78 Å². The first-order chi connectivity index (χ1) is 7.81. The number of hydrogen-bond donors (Lipinski definition) is 0. The molecule has 3 heteroatoms. The van der Waals surface area contributed by atoms with E-state index < -0.39 is 0 Å². The van der Waals surface area contributed by atoms with E-state index in [-0.39, 0.29) is 6.04 Å². The lowest BCUT2D eigenvalue weighted by Crippen LogP contribution is -2.53. The molecule has 2 rings (SSSR count). The smallest absolute Gasteiger partial charge is 0.149 e. The van der Waals surface area contributed by atoms with Crippen molar-refractivity contribution >= 4 is 5.78 Å². The van der Waals surface area contributed by atoms with Crippen molar-refractivity contribution in [2.75, 3.05) is 32.7 Å². The Bertz CT molecular complexity index is 234. The van der Waals surface area contributed by atoms with Crippen molar-refractivity contribution in [3.8, 4) is 0 Å². The molecule has 3 nitrogen and oxygen atoms in total. The predicted octanol–water partition coefficient (Wildman–Crippen LogP) is 1.53. The predicted molar refractivity (Wildman–Crippen MR) is 65.6 cm³/mol. The van der Waals surface area contributed by atoms with E-state index >= 15 is 0 Å². The van der Waals surface area contributed by atoms with E-state index in [1.54, 1.807) is 0 Å². The highest BCUT2D eigenvalue weighted by molar-refractivity contribution is 5.84. The molecule has 0 spiro atoms. The molecule has 0 amide bonds. The number of ketones is 1. The van der Waals surface area contributed by atoms with Crippen molar-refractivity contribution in [2.24, 2.45) is 0 Å². The van der Waals surface area contributed by atoms with Crippen molar-refractivity contribution < 1.29 is 4.79 Å². The van der Waals surface area contributed by atoms with Crippen molar-refractivity contribution in [1.82, 2.24) is 9.80 Å². The average Bonchev–Trinajstić information content (AvgIpc) is 2.31. The molecule has 0 N–H and O–H groups in total. The van der Waals surface area contributed by atoms with Gasteiger partial charge in [-0.1, -0.05) is 13.3 Å². The highest BCUT2D eigenvalue weighted by Crippen LogP contribution is 2.20. The summed E-state index contributed by atoms with van der Waals surface area (Å²) in [6.45, 7) is 7.94. The normalized spacial score (nSPS) is 29.6. The van der Waals surface area contributed by atoms with Crippen LogP contribution in [0.4, 0.5) is 0 Å². The lowest BCUT2D eigenvalue weighted by Gasteiger charge is -2.39. The number of carbonyl (C=O) groups is 1. The zero-order valence-electron chi connectivity index (χ0n) is 10.5. The Morgan fingerprint density at radius 1 is 1.19 bits per heavy atom. The average molecular weight is 224 g/mol. The molecule has 2 fully saturated rings. The van der Waals surface area contributed by atoms with Crippen LogP contribution in [0, 0.1) is 0 Å². The Hall–Kier alpha value is -0.410. The molecular formula is C13H24N2O. The fraction of sp³-hybridized carbons (Fsp3) is 0.923. The van der Waals surface area contributed by atoms with Gasteiger partial charge in [-0.2, -0.15) is 0 Å². The van der Waals surface area contributed by atoms with Gasteiger partial charge in [-0.05, 0) is 25.8 Å². The highest BCUT2D eigenvalue weighted by atomic mass is 16.1. The van der Waals surface area contributed by atoms with Crippen molar-refractivity contribution in [1.29, 1.82) is 0 Å². The largest absolute Gasteiger partial charge is 0.301 e. The maximum atomic E-state index is 11.8. The second kappa shape index (κ2) is 5.78. The molecule has 1 unspecified atom stereocenters. The molecule has 0 bridgehead atoms. The number of carbonyl (C=O) groups excluding carboxylic acids is 1. The van der Waals surface area contributed by atoms with E-state index in [0.29, 0.717) is 5.78 Å². The molecule has 2 aliphatic rings. The van der Waals surface area contributed by atoms with E-state index in [1.165, 1.54) is 19.4 Å². The van der Waals surface area contributed by atoms with Gasteiger partial charge in [0.05, 0.1) is 6.04 Å². The molecule has 1 saturated carbocycles. The Labute approximate surface area is 98.8 Å². The van der Waals surface area contributed by atoms with Crippen LogP contribution in [0.3, 0.4) is 0 Å². The summed E-state index contributed by atoms with van der Waals surface area (Å²) >= 11 is 0. The summed E-state index contributed by atoms with van der Waals surface area (Å²) in [7, 11) is 0. The third-order valence-corrected chi connectivity index (χ3v) is 3.91. The maximum Gasteiger partial charge on any atom is 0.149 e. The minimum Gasteiger partial charge on any atom is -0.301 e. The fourth-order valence-corrected chi connectivity index (χ4v) is 2.97. The van der Waals surface area contributed by atoms with E-state index in [9.17, 15) is 4.79 Å². The molecule has 1 aliphatic heterocycles. The Morgan fingerprint density at radius 3 is 2.56 bits per heavy atom. The lowest BCUT2D eigenvalue weighted by atomic mass is 9.92. The molecular weight excluding hydrogens is 200 g/mol. The van der Waals surface area contributed by atoms with Crippen LogP contribution < -0.4 is 0 Å². The molecule has 0 aromatic carbocycles. The molecule has 16 heavy (non-hydrogen) atoms. The van der Waals surface area contributed by atoms with Gasteiger partial charge in [-0.25, -0.2) is 0 Å². The number of Topliss-reactive ketones (excluding diaryl/α,β-unsaturated/α-hetero) is 1. The minimum atomic E-state index is 0.262. The summed E-state index contributed by atoms with van der Waals surface area (Å²) < 4.78 is 0. The SMILES string of the molecule is CCCN1CCN(C2CCCCC2=O)CC1. The van der Waals surface area contributed by atoms with Crippen LogP contribution in [0.25, 0.3) is 0 Å².